The van der Waals surface area contributed by atoms with Crippen LogP contribution in [-0.2, 0) is 4.79 Å². The van der Waals surface area contributed by atoms with Gasteiger partial charge in [0.05, 0.1) is 19.1 Å². The Kier molecular flexibility index (Phi) is 4.11. The maximum atomic E-state index is 12.1. The summed E-state index contributed by atoms with van der Waals surface area (Å²) in [4.78, 5) is 22.4. The first-order chi connectivity index (χ1) is 8.25. The summed E-state index contributed by atoms with van der Waals surface area (Å²) in [6.07, 6.45) is -6.20. The van der Waals surface area contributed by atoms with Crippen molar-refractivity contribution in [2.75, 3.05) is 7.11 Å². The number of ether oxygens (including phenoxy) is 1. The van der Waals surface area contributed by atoms with Crippen molar-refractivity contribution in [1.82, 2.24) is 0 Å². The minimum Gasteiger partial charge on any atom is -0.496 e. The van der Waals surface area contributed by atoms with E-state index < -0.39 is 24.2 Å². The van der Waals surface area contributed by atoms with Crippen LogP contribution in [0.1, 0.15) is 22.3 Å². The molecule has 0 aliphatic heterocycles. The standard InChI is InChI=1S/C12H11F3O3/c1-7-3-4-10(18-2)8(5-7)9(16)6-11(17)12(13,14)15/h3-5H,6H2,1-2H3. The van der Waals surface area contributed by atoms with Crippen molar-refractivity contribution < 1.29 is 27.5 Å². The molecular formula is C12H11F3O3. The first-order valence-corrected chi connectivity index (χ1v) is 5.03. The molecule has 0 aliphatic rings. The van der Waals surface area contributed by atoms with Gasteiger partial charge in [0.2, 0.25) is 5.78 Å². The number of halogens is 3. The molecule has 1 aromatic carbocycles. The molecule has 0 bridgehead atoms. The van der Waals surface area contributed by atoms with Gasteiger partial charge in [0.1, 0.15) is 5.75 Å². The lowest BCUT2D eigenvalue weighted by molar-refractivity contribution is -0.170. The Bertz CT molecular complexity index is 478. The van der Waals surface area contributed by atoms with Crippen LogP contribution in [0.5, 0.6) is 5.75 Å². The largest absolute Gasteiger partial charge is 0.496 e. The van der Waals surface area contributed by atoms with Crippen LogP contribution in [0.4, 0.5) is 13.2 Å². The highest BCUT2D eigenvalue weighted by atomic mass is 19.4. The Morgan fingerprint density at radius 2 is 1.89 bits per heavy atom. The molecule has 0 saturated heterocycles. The van der Waals surface area contributed by atoms with Gasteiger partial charge in [-0.1, -0.05) is 11.6 Å². The van der Waals surface area contributed by atoms with Crippen LogP contribution in [0, 0.1) is 6.92 Å². The minimum absolute atomic E-state index is 0.0184. The Morgan fingerprint density at radius 1 is 1.28 bits per heavy atom. The second kappa shape index (κ2) is 5.20. The van der Waals surface area contributed by atoms with E-state index in [1.54, 1.807) is 13.0 Å². The van der Waals surface area contributed by atoms with Crippen LogP contribution in [0.2, 0.25) is 0 Å². The van der Waals surface area contributed by atoms with Crippen LogP contribution >= 0.6 is 0 Å². The lowest BCUT2D eigenvalue weighted by Gasteiger charge is -2.09. The quantitative estimate of drug-likeness (QED) is 0.617. The Morgan fingerprint density at radius 3 is 2.39 bits per heavy atom. The topological polar surface area (TPSA) is 43.4 Å². The fourth-order valence-corrected chi connectivity index (χ4v) is 1.38. The Labute approximate surface area is 102 Å². The van der Waals surface area contributed by atoms with E-state index in [1.807, 2.05) is 0 Å². The van der Waals surface area contributed by atoms with Crippen LogP contribution < -0.4 is 4.74 Å². The number of aryl methyl sites for hydroxylation is 1. The molecule has 0 amide bonds. The highest BCUT2D eigenvalue weighted by Gasteiger charge is 2.39. The summed E-state index contributed by atoms with van der Waals surface area (Å²) in [5.74, 6) is -2.81. The molecule has 18 heavy (non-hydrogen) atoms. The number of hydrogen-bond donors (Lipinski definition) is 0. The molecule has 6 heteroatoms. The number of benzene rings is 1. The SMILES string of the molecule is COc1ccc(C)cc1C(=O)CC(=O)C(F)(F)F. The van der Waals surface area contributed by atoms with Crippen molar-refractivity contribution in [2.45, 2.75) is 19.5 Å². The number of methoxy groups -OCH3 is 1. The molecule has 0 radical (unpaired) electrons. The van der Waals surface area contributed by atoms with Crippen molar-refractivity contribution >= 4 is 11.6 Å². The molecule has 0 atom stereocenters. The molecule has 0 N–H and O–H groups in total. The summed E-state index contributed by atoms with van der Waals surface area (Å²) < 4.78 is 41.0. The third-order valence-corrected chi connectivity index (χ3v) is 2.29. The van der Waals surface area contributed by atoms with Crippen molar-refractivity contribution in [3.63, 3.8) is 0 Å². The molecular weight excluding hydrogens is 249 g/mol. The molecule has 1 rings (SSSR count). The monoisotopic (exact) mass is 260 g/mol. The van der Waals surface area contributed by atoms with Crippen LogP contribution in [0.3, 0.4) is 0 Å². The lowest BCUT2D eigenvalue weighted by Crippen LogP contribution is -2.25. The van der Waals surface area contributed by atoms with E-state index in [9.17, 15) is 22.8 Å². The minimum atomic E-state index is -4.99. The summed E-state index contributed by atoms with van der Waals surface area (Å²) in [5.41, 5.74) is 0.675. The zero-order chi connectivity index (χ0) is 13.9. The van der Waals surface area contributed by atoms with Gasteiger partial charge in [-0.3, -0.25) is 9.59 Å². The summed E-state index contributed by atoms with van der Waals surface area (Å²) in [5, 5.41) is 0. The normalized spacial score (nSPS) is 11.2. The highest BCUT2D eigenvalue weighted by molar-refractivity contribution is 6.10. The fraction of sp³-hybridized carbons (Fsp3) is 0.333. The van der Waals surface area contributed by atoms with E-state index in [2.05, 4.69) is 0 Å². The molecule has 0 unspecified atom stereocenters. The van der Waals surface area contributed by atoms with Crippen molar-refractivity contribution in [3.05, 3.63) is 29.3 Å². The van der Waals surface area contributed by atoms with E-state index in [1.165, 1.54) is 19.2 Å². The van der Waals surface area contributed by atoms with Gasteiger partial charge < -0.3 is 4.74 Å². The van der Waals surface area contributed by atoms with Crippen LogP contribution in [0.15, 0.2) is 18.2 Å². The number of hydrogen-bond acceptors (Lipinski definition) is 3. The van der Waals surface area contributed by atoms with Gasteiger partial charge >= 0.3 is 6.18 Å². The molecule has 0 spiro atoms. The van der Waals surface area contributed by atoms with Gasteiger partial charge in [0.15, 0.2) is 5.78 Å². The van der Waals surface area contributed by atoms with Crippen LogP contribution in [0.25, 0.3) is 0 Å². The third-order valence-electron chi connectivity index (χ3n) is 2.29. The van der Waals surface area contributed by atoms with Crippen molar-refractivity contribution in [1.29, 1.82) is 0 Å². The second-order valence-corrected chi connectivity index (χ2v) is 3.72. The van der Waals surface area contributed by atoms with Crippen molar-refractivity contribution in [2.24, 2.45) is 0 Å². The summed E-state index contributed by atoms with van der Waals surface area (Å²) >= 11 is 0. The van der Waals surface area contributed by atoms with Gasteiger partial charge in [0, 0.05) is 0 Å². The van der Waals surface area contributed by atoms with Gasteiger partial charge in [-0.2, -0.15) is 13.2 Å². The molecule has 0 fully saturated rings. The number of ketones is 2. The zero-order valence-corrected chi connectivity index (χ0v) is 9.80. The predicted octanol–water partition coefficient (Wildman–Crippen LogP) is 2.71. The summed E-state index contributed by atoms with van der Waals surface area (Å²) in [7, 11) is 1.30. The molecule has 1 aromatic rings. The predicted molar refractivity (Wildman–Crippen MR) is 57.7 cm³/mol. The smallest absolute Gasteiger partial charge is 0.450 e. The number of rotatable bonds is 4. The third kappa shape index (κ3) is 3.32. The molecule has 0 saturated carbocycles. The van der Waals surface area contributed by atoms with Gasteiger partial charge in [-0.05, 0) is 19.1 Å². The Hall–Kier alpha value is -1.85. The fourth-order valence-electron chi connectivity index (χ4n) is 1.38. The number of carbonyl (C=O) groups is 2. The average Bonchev–Trinajstić information content (AvgIpc) is 2.27. The van der Waals surface area contributed by atoms with E-state index in [4.69, 9.17) is 4.74 Å². The van der Waals surface area contributed by atoms with Gasteiger partial charge in [0.25, 0.3) is 0 Å². The highest BCUT2D eigenvalue weighted by Crippen LogP contribution is 2.24. The van der Waals surface area contributed by atoms with Crippen molar-refractivity contribution in [3.8, 4) is 5.75 Å². The maximum absolute atomic E-state index is 12.1. The number of Topliss-reactive ketones (excluding diaryl/α,β-unsaturated/α-hetero) is 2. The number of alkyl halides is 3. The van der Waals surface area contributed by atoms with Gasteiger partial charge in [-0.25, -0.2) is 0 Å². The molecule has 0 heterocycles. The van der Waals surface area contributed by atoms with Crippen LogP contribution in [-0.4, -0.2) is 24.9 Å². The molecule has 98 valence electrons. The van der Waals surface area contributed by atoms with Gasteiger partial charge in [-0.15, -0.1) is 0 Å². The Balaban J connectivity index is 2.98. The second-order valence-electron chi connectivity index (χ2n) is 3.72. The maximum Gasteiger partial charge on any atom is 0.450 e. The van der Waals surface area contributed by atoms with E-state index >= 15 is 0 Å². The van der Waals surface area contributed by atoms with E-state index in [0.29, 0.717) is 5.56 Å². The van der Waals surface area contributed by atoms with E-state index in [-0.39, 0.29) is 11.3 Å². The zero-order valence-electron chi connectivity index (χ0n) is 9.80. The summed E-state index contributed by atoms with van der Waals surface area (Å²) in [6.45, 7) is 1.68. The molecule has 3 nitrogen and oxygen atoms in total. The first kappa shape index (κ1) is 14.2. The average molecular weight is 260 g/mol. The first-order valence-electron chi connectivity index (χ1n) is 5.03. The van der Waals surface area contributed by atoms with E-state index in [0.717, 1.165) is 0 Å². The number of carbonyl (C=O) groups excluding carboxylic acids is 2. The summed E-state index contributed by atoms with van der Waals surface area (Å²) in [6, 6.07) is 4.52. The molecule has 0 aromatic heterocycles. The molecule has 0 aliphatic carbocycles. The lowest BCUT2D eigenvalue weighted by atomic mass is 10.0.